The number of benzene rings is 1. The summed E-state index contributed by atoms with van der Waals surface area (Å²) < 4.78 is -1.24. The van der Waals surface area contributed by atoms with Crippen molar-refractivity contribution in [3.8, 4) is 0 Å². The molecule has 0 unspecified atom stereocenters. The summed E-state index contributed by atoms with van der Waals surface area (Å²) in [5.41, 5.74) is 0. The number of hydrogen-bond acceptors (Lipinski definition) is 0. The van der Waals surface area contributed by atoms with Crippen LogP contribution in [0, 0.1) is 0 Å². The molecule has 1 rings (SSSR count). The maximum absolute atomic E-state index is 3.58. The van der Waals surface area contributed by atoms with Crippen molar-refractivity contribution in [1.29, 1.82) is 0 Å². The minimum atomic E-state index is -2.30. The van der Waals surface area contributed by atoms with E-state index in [1.807, 2.05) is 24.3 Å². The van der Waals surface area contributed by atoms with E-state index in [0.717, 1.165) is 9.78 Å². The van der Waals surface area contributed by atoms with E-state index in [2.05, 4.69) is 77.9 Å². The van der Waals surface area contributed by atoms with E-state index in [9.17, 15) is 0 Å². The molecule has 0 aliphatic heterocycles. The summed E-state index contributed by atoms with van der Waals surface area (Å²) >= 11 is 17.8. The Morgan fingerprint density at radius 3 is 1.92 bits per heavy atom. The average Bonchev–Trinajstić information content (AvgIpc) is 1.84. The third kappa shape index (κ3) is 3.66. The van der Waals surface area contributed by atoms with Gasteiger partial charge in [0.2, 0.25) is 0 Å². The van der Waals surface area contributed by atoms with Crippen molar-refractivity contribution in [3.05, 3.63) is 28.7 Å². The van der Waals surface area contributed by atoms with Crippen molar-refractivity contribution in [2.24, 2.45) is 0 Å². The number of rotatable bonds is 1. The van der Waals surface area contributed by atoms with Crippen LogP contribution in [0.3, 0.4) is 0 Å². The SMILES string of the molecule is Brc1cccc(P(Br)(Br)(Br)Br)c1. The van der Waals surface area contributed by atoms with Gasteiger partial charge in [0.25, 0.3) is 0 Å². The molecular formula is C6H4Br5P. The Bertz CT molecular complexity index is 293. The van der Waals surface area contributed by atoms with Gasteiger partial charge in [-0.1, -0.05) is 0 Å². The van der Waals surface area contributed by atoms with Crippen molar-refractivity contribution in [2.45, 2.75) is 0 Å². The molecule has 0 saturated heterocycles. The van der Waals surface area contributed by atoms with Crippen molar-refractivity contribution in [3.63, 3.8) is 0 Å². The first kappa shape index (κ1) is 12.1. The Morgan fingerprint density at radius 2 is 1.58 bits per heavy atom. The minimum absolute atomic E-state index is 1.06. The zero-order chi connectivity index (χ0) is 9.43. The van der Waals surface area contributed by atoms with E-state index in [4.69, 9.17) is 0 Å². The van der Waals surface area contributed by atoms with Crippen LogP contribution in [0.2, 0.25) is 0 Å². The van der Waals surface area contributed by atoms with Crippen LogP contribution in [0.4, 0.5) is 0 Å². The zero-order valence-corrected chi connectivity index (χ0v) is 14.5. The van der Waals surface area contributed by atoms with E-state index in [1.165, 1.54) is 0 Å². The van der Waals surface area contributed by atoms with Crippen LogP contribution in [0.25, 0.3) is 0 Å². The number of halogens is 5. The molecule has 0 saturated carbocycles. The van der Waals surface area contributed by atoms with Gasteiger partial charge >= 0.3 is 113 Å². The fourth-order valence-electron chi connectivity index (χ4n) is 0.686. The van der Waals surface area contributed by atoms with Gasteiger partial charge in [0.15, 0.2) is 0 Å². The molecule has 0 aromatic heterocycles. The molecule has 6 heteroatoms. The fourth-order valence-corrected chi connectivity index (χ4v) is 4.56. The summed E-state index contributed by atoms with van der Waals surface area (Å²) in [7, 11) is 0. The van der Waals surface area contributed by atoms with Gasteiger partial charge in [-0.15, -0.1) is 0 Å². The molecule has 0 bridgehead atoms. The summed E-state index contributed by atoms with van der Waals surface area (Å²) in [6.07, 6.45) is 0. The van der Waals surface area contributed by atoms with Crippen molar-refractivity contribution in [2.75, 3.05) is 0 Å². The van der Waals surface area contributed by atoms with Gasteiger partial charge < -0.3 is 0 Å². The Kier molecular flexibility index (Phi) is 3.94. The van der Waals surface area contributed by atoms with E-state index >= 15 is 0 Å². The molecular weight excluding hydrogens is 503 g/mol. The van der Waals surface area contributed by atoms with Crippen LogP contribution in [0.1, 0.15) is 0 Å². The summed E-state index contributed by atoms with van der Waals surface area (Å²) in [6.45, 7) is 0. The molecule has 1 aromatic rings. The molecule has 0 amide bonds. The van der Waals surface area contributed by atoms with Gasteiger partial charge in [0.05, 0.1) is 0 Å². The monoisotopic (exact) mass is 502 g/mol. The topological polar surface area (TPSA) is 0 Å². The van der Waals surface area contributed by atoms with Crippen LogP contribution >= 0.6 is 79.3 Å². The van der Waals surface area contributed by atoms with Crippen molar-refractivity contribution >= 4 is 84.6 Å². The Morgan fingerprint density at radius 1 is 1.00 bits per heavy atom. The first-order chi connectivity index (χ1) is 5.26. The van der Waals surface area contributed by atoms with Gasteiger partial charge in [0, 0.05) is 0 Å². The van der Waals surface area contributed by atoms with Crippen LogP contribution in [0.5, 0.6) is 0 Å². The standard InChI is InChI=1S/C6H4Br5P/c7-5-2-1-3-6(4-5)12(8,9,10)11/h1-4H. The molecule has 0 fully saturated rings. The Hall–Kier alpha value is 2.05. The quantitative estimate of drug-likeness (QED) is 0.418. The predicted molar refractivity (Wildman–Crippen MR) is 76.4 cm³/mol. The third-order valence-electron chi connectivity index (χ3n) is 1.20. The maximum atomic E-state index is 3.58. The summed E-state index contributed by atoms with van der Waals surface area (Å²) in [4.78, 5) is 0. The molecule has 0 nitrogen and oxygen atoms in total. The average molecular weight is 507 g/mol. The normalized spacial score (nSPS) is 15.2. The van der Waals surface area contributed by atoms with E-state index in [-0.39, 0.29) is 0 Å². The molecule has 0 radical (unpaired) electrons. The van der Waals surface area contributed by atoms with Crippen molar-refractivity contribution in [1.82, 2.24) is 0 Å². The van der Waals surface area contributed by atoms with Gasteiger partial charge in [-0.2, -0.15) is 0 Å². The van der Waals surface area contributed by atoms with Gasteiger partial charge in [-0.3, -0.25) is 0 Å². The molecule has 0 aliphatic carbocycles. The van der Waals surface area contributed by atoms with E-state index < -0.39 is 1.41 Å². The third-order valence-corrected chi connectivity index (χ3v) is 7.66. The van der Waals surface area contributed by atoms with Crippen LogP contribution in [0.15, 0.2) is 28.7 Å². The molecule has 0 N–H and O–H groups in total. The molecule has 0 atom stereocenters. The molecule has 0 heterocycles. The van der Waals surface area contributed by atoms with Crippen molar-refractivity contribution < 1.29 is 0 Å². The summed E-state index contributed by atoms with van der Waals surface area (Å²) in [6, 6.07) is 8.07. The predicted octanol–water partition coefficient (Wildman–Crippen LogP) is 5.87. The second-order valence-corrected chi connectivity index (χ2v) is 39.2. The van der Waals surface area contributed by atoms with Crippen LogP contribution in [-0.4, -0.2) is 0 Å². The fraction of sp³-hybridized carbons (Fsp3) is 0. The molecule has 0 aliphatic rings. The first-order valence-electron chi connectivity index (χ1n) is 2.91. The van der Waals surface area contributed by atoms with Gasteiger partial charge in [-0.05, 0) is 0 Å². The zero-order valence-electron chi connectivity index (χ0n) is 5.65. The number of hydrogen-bond donors (Lipinski definition) is 0. The molecule has 68 valence electrons. The van der Waals surface area contributed by atoms with Crippen LogP contribution < -0.4 is 5.30 Å². The van der Waals surface area contributed by atoms with Gasteiger partial charge in [-0.25, -0.2) is 0 Å². The molecule has 0 spiro atoms. The molecule has 1 aromatic carbocycles. The second-order valence-electron chi connectivity index (χ2n) is 2.20. The second kappa shape index (κ2) is 3.90. The molecule has 12 heavy (non-hydrogen) atoms. The van der Waals surface area contributed by atoms with Crippen LogP contribution in [-0.2, 0) is 0 Å². The summed E-state index contributed by atoms with van der Waals surface area (Å²) in [5, 5.41) is 1.15. The Balaban J connectivity index is 3.22. The van der Waals surface area contributed by atoms with Gasteiger partial charge in [0.1, 0.15) is 0 Å². The van der Waals surface area contributed by atoms with E-state index in [1.54, 1.807) is 0 Å². The summed E-state index contributed by atoms with van der Waals surface area (Å²) in [5.74, 6) is 0. The first-order valence-corrected chi connectivity index (χ1v) is 14.0. The van der Waals surface area contributed by atoms with E-state index in [0.29, 0.717) is 0 Å². The Labute approximate surface area is 112 Å².